The molecule has 0 aliphatic rings. The summed E-state index contributed by atoms with van der Waals surface area (Å²) in [5.74, 6) is 0.863. The fourth-order valence-corrected chi connectivity index (χ4v) is 1.87. The van der Waals surface area contributed by atoms with Gasteiger partial charge in [-0.2, -0.15) is 0 Å². The standard InChI is InChI=1S/C14H14N2O2/c1-2-4-14-12(3-1)9-13(18-14)10-17-8-7-16-6-5-15-11-16/h1-6,9,11H,7-8,10H2. The van der Waals surface area contributed by atoms with Gasteiger partial charge in [0.1, 0.15) is 18.0 Å². The Labute approximate surface area is 105 Å². The summed E-state index contributed by atoms with van der Waals surface area (Å²) in [6, 6.07) is 9.99. The lowest BCUT2D eigenvalue weighted by molar-refractivity contribution is 0.100. The summed E-state index contributed by atoms with van der Waals surface area (Å²) >= 11 is 0. The minimum absolute atomic E-state index is 0.503. The Morgan fingerprint density at radius 3 is 3.06 bits per heavy atom. The van der Waals surface area contributed by atoms with Gasteiger partial charge in [-0.05, 0) is 12.1 Å². The minimum atomic E-state index is 0.503. The number of nitrogens with zero attached hydrogens (tertiary/aromatic N) is 2. The predicted octanol–water partition coefficient (Wildman–Crippen LogP) is 2.85. The van der Waals surface area contributed by atoms with Crippen molar-refractivity contribution in [3.63, 3.8) is 0 Å². The molecule has 0 spiro atoms. The number of furan rings is 1. The van der Waals surface area contributed by atoms with Crippen molar-refractivity contribution in [1.82, 2.24) is 9.55 Å². The van der Waals surface area contributed by atoms with Gasteiger partial charge in [0, 0.05) is 24.3 Å². The molecule has 0 bridgehead atoms. The first-order valence-corrected chi connectivity index (χ1v) is 5.93. The molecule has 18 heavy (non-hydrogen) atoms. The van der Waals surface area contributed by atoms with Gasteiger partial charge in [-0.1, -0.05) is 18.2 Å². The highest BCUT2D eigenvalue weighted by molar-refractivity contribution is 5.77. The summed E-state index contributed by atoms with van der Waals surface area (Å²) in [4.78, 5) is 3.98. The number of para-hydroxylation sites is 1. The van der Waals surface area contributed by atoms with Crippen molar-refractivity contribution in [1.29, 1.82) is 0 Å². The van der Waals surface area contributed by atoms with E-state index in [1.165, 1.54) is 0 Å². The summed E-state index contributed by atoms with van der Waals surface area (Å²) < 4.78 is 13.2. The zero-order chi connectivity index (χ0) is 12.2. The highest BCUT2D eigenvalue weighted by Gasteiger charge is 2.02. The third-order valence-corrected chi connectivity index (χ3v) is 2.77. The number of rotatable bonds is 5. The fourth-order valence-electron chi connectivity index (χ4n) is 1.87. The van der Waals surface area contributed by atoms with Crippen LogP contribution in [0.15, 0.2) is 53.5 Å². The lowest BCUT2D eigenvalue weighted by Gasteiger charge is -2.02. The van der Waals surface area contributed by atoms with Crippen molar-refractivity contribution in [2.45, 2.75) is 13.2 Å². The average molecular weight is 242 g/mol. The van der Waals surface area contributed by atoms with Crippen molar-refractivity contribution in [3.05, 3.63) is 54.8 Å². The number of aromatic nitrogens is 2. The second-order valence-electron chi connectivity index (χ2n) is 4.10. The predicted molar refractivity (Wildman–Crippen MR) is 68.1 cm³/mol. The molecule has 0 fully saturated rings. The van der Waals surface area contributed by atoms with Crippen LogP contribution in [-0.4, -0.2) is 16.2 Å². The Hall–Kier alpha value is -2.07. The molecular formula is C14H14N2O2. The molecule has 0 saturated heterocycles. The van der Waals surface area contributed by atoms with Crippen LogP contribution in [-0.2, 0) is 17.9 Å². The highest BCUT2D eigenvalue weighted by Crippen LogP contribution is 2.19. The van der Waals surface area contributed by atoms with Crippen molar-refractivity contribution in [2.75, 3.05) is 6.61 Å². The first-order chi connectivity index (χ1) is 8.92. The number of hydrogen-bond donors (Lipinski definition) is 0. The first kappa shape index (κ1) is 11.0. The number of imidazole rings is 1. The van der Waals surface area contributed by atoms with Gasteiger partial charge in [0.05, 0.1) is 12.9 Å². The largest absolute Gasteiger partial charge is 0.459 e. The SMILES string of the molecule is c1ccc2oc(COCCn3ccnc3)cc2c1. The maximum atomic E-state index is 5.66. The van der Waals surface area contributed by atoms with E-state index in [4.69, 9.17) is 9.15 Å². The zero-order valence-electron chi connectivity index (χ0n) is 9.95. The zero-order valence-corrected chi connectivity index (χ0v) is 9.95. The van der Waals surface area contributed by atoms with Crippen molar-refractivity contribution < 1.29 is 9.15 Å². The molecule has 0 amide bonds. The third kappa shape index (κ3) is 2.43. The van der Waals surface area contributed by atoms with E-state index < -0.39 is 0 Å². The molecule has 0 saturated carbocycles. The van der Waals surface area contributed by atoms with E-state index in [0.29, 0.717) is 13.2 Å². The minimum Gasteiger partial charge on any atom is -0.459 e. The van der Waals surface area contributed by atoms with Crippen LogP contribution in [0.3, 0.4) is 0 Å². The van der Waals surface area contributed by atoms with Crippen LogP contribution in [0.4, 0.5) is 0 Å². The van der Waals surface area contributed by atoms with Crippen LogP contribution >= 0.6 is 0 Å². The Bertz CT molecular complexity index is 581. The van der Waals surface area contributed by atoms with Crippen molar-refractivity contribution in [2.24, 2.45) is 0 Å². The van der Waals surface area contributed by atoms with E-state index in [9.17, 15) is 0 Å². The molecule has 3 rings (SSSR count). The highest BCUT2D eigenvalue weighted by atomic mass is 16.5. The van der Waals surface area contributed by atoms with E-state index in [0.717, 1.165) is 23.3 Å². The molecule has 1 aromatic carbocycles. The molecule has 4 nitrogen and oxygen atoms in total. The number of ether oxygens (including phenoxy) is 1. The van der Waals surface area contributed by atoms with Crippen LogP contribution < -0.4 is 0 Å². The Kier molecular flexibility index (Phi) is 3.10. The molecule has 2 aromatic heterocycles. The molecular weight excluding hydrogens is 228 g/mol. The number of benzene rings is 1. The number of fused-ring (bicyclic) bond motifs is 1. The van der Waals surface area contributed by atoms with E-state index >= 15 is 0 Å². The van der Waals surface area contributed by atoms with Crippen LogP contribution in [0.5, 0.6) is 0 Å². The topological polar surface area (TPSA) is 40.2 Å². The quantitative estimate of drug-likeness (QED) is 0.646. The summed E-state index contributed by atoms with van der Waals surface area (Å²) in [5, 5.41) is 1.12. The van der Waals surface area contributed by atoms with Gasteiger partial charge in [0.2, 0.25) is 0 Å². The van der Waals surface area contributed by atoms with Gasteiger partial charge in [-0.3, -0.25) is 0 Å². The molecule has 0 aliphatic carbocycles. The van der Waals surface area contributed by atoms with Crippen molar-refractivity contribution >= 4 is 11.0 Å². The van der Waals surface area contributed by atoms with Crippen molar-refractivity contribution in [3.8, 4) is 0 Å². The van der Waals surface area contributed by atoms with E-state index in [-0.39, 0.29) is 0 Å². The first-order valence-electron chi connectivity index (χ1n) is 5.93. The summed E-state index contributed by atoms with van der Waals surface area (Å²) in [6.45, 7) is 1.96. The van der Waals surface area contributed by atoms with Crippen LogP contribution in [0, 0.1) is 0 Å². The maximum Gasteiger partial charge on any atom is 0.134 e. The molecule has 0 N–H and O–H groups in total. The lowest BCUT2D eigenvalue weighted by atomic mass is 10.2. The van der Waals surface area contributed by atoms with Crippen LogP contribution in [0.1, 0.15) is 5.76 Å². The molecule has 92 valence electrons. The van der Waals surface area contributed by atoms with E-state index in [1.54, 1.807) is 12.5 Å². The summed E-state index contributed by atoms with van der Waals surface area (Å²) in [7, 11) is 0. The van der Waals surface area contributed by atoms with Gasteiger partial charge >= 0.3 is 0 Å². The molecule has 3 aromatic rings. The van der Waals surface area contributed by atoms with Crippen LogP contribution in [0.2, 0.25) is 0 Å². The summed E-state index contributed by atoms with van der Waals surface area (Å²) in [5.41, 5.74) is 0.908. The Morgan fingerprint density at radius 1 is 1.28 bits per heavy atom. The van der Waals surface area contributed by atoms with Gasteiger partial charge in [-0.25, -0.2) is 4.98 Å². The van der Waals surface area contributed by atoms with Gasteiger partial charge in [0.25, 0.3) is 0 Å². The third-order valence-electron chi connectivity index (χ3n) is 2.77. The van der Waals surface area contributed by atoms with Crippen LogP contribution in [0.25, 0.3) is 11.0 Å². The smallest absolute Gasteiger partial charge is 0.134 e. The van der Waals surface area contributed by atoms with E-state index in [2.05, 4.69) is 4.98 Å². The Balaban J connectivity index is 1.53. The molecule has 0 atom stereocenters. The molecule has 4 heteroatoms. The van der Waals surface area contributed by atoms with E-state index in [1.807, 2.05) is 41.1 Å². The molecule has 0 unspecified atom stereocenters. The molecule has 0 radical (unpaired) electrons. The lowest BCUT2D eigenvalue weighted by Crippen LogP contribution is -2.03. The normalized spacial score (nSPS) is 11.1. The Morgan fingerprint density at radius 2 is 2.22 bits per heavy atom. The monoisotopic (exact) mass is 242 g/mol. The molecule has 0 aliphatic heterocycles. The molecule has 2 heterocycles. The number of hydrogen-bond acceptors (Lipinski definition) is 3. The van der Waals surface area contributed by atoms with Gasteiger partial charge in [-0.15, -0.1) is 0 Å². The van der Waals surface area contributed by atoms with Gasteiger partial charge < -0.3 is 13.7 Å². The second kappa shape index (κ2) is 5.06. The summed E-state index contributed by atoms with van der Waals surface area (Å²) in [6.07, 6.45) is 5.47. The average Bonchev–Trinajstić information content (AvgIpc) is 3.03. The fraction of sp³-hybridized carbons (Fsp3) is 0.214. The second-order valence-corrected chi connectivity index (χ2v) is 4.10. The van der Waals surface area contributed by atoms with Gasteiger partial charge in [0.15, 0.2) is 0 Å². The maximum absolute atomic E-state index is 5.66.